The number of piperidine rings is 1. The summed E-state index contributed by atoms with van der Waals surface area (Å²) in [5, 5.41) is 11.0. The molecule has 2 amide bonds. The molecule has 0 spiro atoms. The molecule has 2 aromatic heterocycles. The third kappa shape index (κ3) is 4.15. The fraction of sp³-hybridized carbons (Fsp3) is 0.444. The first-order valence-corrected chi connectivity index (χ1v) is 12.7. The summed E-state index contributed by atoms with van der Waals surface area (Å²) in [4.78, 5) is 21.7. The van der Waals surface area contributed by atoms with E-state index in [2.05, 4.69) is 25.4 Å². The molecule has 0 unspecified atom stereocenters. The van der Waals surface area contributed by atoms with Crippen LogP contribution in [0.5, 0.6) is 0 Å². The second kappa shape index (κ2) is 9.28. The molecule has 0 radical (unpaired) electrons. The predicted molar refractivity (Wildman–Crippen MR) is 131 cm³/mol. The summed E-state index contributed by atoms with van der Waals surface area (Å²) < 4.78 is 28.7. The molecule has 36 heavy (non-hydrogen) atoms. The number of rotatable bonds is 4. The van der Waals surface area contributed by atoms with E-state index in [0.717, 1.165) is 53.9 Å². The van der Waals surface area contributed by atoms with Crippen LogP contribution in [-0.4, -0.2) is 55.7 Å². The molecule has 9 heteroatoms. The molecule has 7 nitrogen and oxygen atoms in total. The van der Waals surface area contributed by atoms with E-state index < -0.39 is 11.6 Å². The van der Waals surface area contributed by atoms with Gasteiger partial charge in [-0.25, -0.2) is 13.6 Å². The summed E-state index contributed by atoms with van der Waals surface area (Å²) in [6, 6.07) is 8.21. The van der Waals surface area contributed by atoms with Crippen LogP contribution in [0, 0.1) is 18.6 Å². The zero-order valence-electron chi connectivity index (χ0n) is 20.3. The number of aryl methyl sites for hydroxylation is 1. The first-order chi connectivity index (χ1) is 17.5. The van der Waals surface area contributed by atoms with E-state index in [0.29, 0.717) is 25.6 Å². The summed E-state index contributed by atoms with van der Waals surface area (Å²) in [5.41, 5.74) is 5.00. The Morgan fingerprint density at radius 3 is 2.78 bits per heavy atom. The van der Waals surface area contributed by atoms with Gasteiger partial charge in [0.1, 0.15) is 11.6 Å². The van der Waals surface area contributed by atoms with Crippen LogP contribution < -0.4 is 5.32 Å². The second-order valence-corrected chi connectivity index (χ2v) is 10.2. The van der Waals surface area contributed by atoms with E-state index in [-0.39, 0.29) is 30.2 Å². The van der Waals surface area contributed by atoms with Crippen molar-refractivity contribution in [3.05, 3.63) is 70.7 Å². The number of fused-ring (bicyclic) bond motifs is 3. The van der Waals surface area contributed by atoms with Gasteiger partial charge in [0.2, 0.25) is 0 Å². The van der Waals surface area contributed by atoms with Crippen LogP contribution in [0.15, 0.2) is 36.5 Å². The lowest BCUT2D eigenvalue weighted by atomic mass is 9.96. The molecule has 5 heterocycles. The minimum Gasteiger partial charge on any atom is -0.334 e. The van der Waals surface area contributed by atoms with E-state index in [1.807, 2.05) is 24.0 Å². The fourth-order valence-corrected chi connectivity index (χ4v) is 6.20. The van der Waals surface area contributed by atoms with Gasteiger partial charge in [0.25, 0.3) is 0 Å². The largest absolute Gasteiger partial charge is 0.334 e. The van der Waals surface area contributed by atoms with Crippen molar-refractivity contribution in [2.24, 2.45) is 0 Å². The SMILES string of the molecule is Cc1cc(-c2n[nH]c3c2CN(C(=O)N[C@H]2CC[C@@H]4CC[C@H]2N4Cc2c(F)cccc2F)CC3)ccn1. The summed E-state index contributed by atoms with van der Waals surface area (Å²) in [5.74, 6) is -1.02. The highest BCUT2D eigenvalue weighted by Gasteiger charge is 2.43. The fourth-order valence-electron chi connectivity index (χ4n) is 6.20. The number of nitrogens with zero attached hydrogens (tertiary/aromatic N) is 4. The third-order valence-corrected chi connectivity index (χ3v) is 8.07. The molecule has 3 aliphatic rings. The zero-order valence-corrected chi connectivity index (χ0v) is 20.3. The summed E-state index contributed by atoms with van der Waals surface area (Å²) >= 11 is 0. The Bertz CT molecular complexity index is 1270. The molecule has 2 bridgehead atoms. The number of hydrogen-bond donors (Lipinski definition) is 2. The molecule has 0 saturated carbocycles. The molecule has 6 rings (SSSR count). The number of carbonyl (C=O) groups excluding carboxylic acids is 1. The quantitative estimate of drug-likeness (QED) is 0.569. The van der Waals surface area contributed by atoms with Gasteiger partial charge in [0, 0.05) is 71.9 Å². The van der Waals surface area contributed by atoms with Gasteiger partial charge >= 0.3 is 6.03 Å². The third-order valence-electron chi connectivity index (χ3n) is 8.07. The van der Waals surface area contributed by atoms with E-state index in [4.69, 9.17) is 0 Å². The number of benzene rings is 1. The Hall–Kier alpha value is -3.33. The lowest BCUT2D eigenvalue weighted by Gasteiger charge is -2.41. The molecule has 1 aromatic carbocycles. The van der Waals surface area contributed by atoms with Crippen LogP contribution in [0.3, 0.4) is 0 Å². The van der Waals surface area contributed by atoms with E-state index in [1.54, 1.807) is 6.20 Å². The van der Waals surface area contributed by atoms with Gasteiger partial charge < -0.3 is 10.2 Å². The number of halogens is 2. The minimum atomic E-state index is -0.509. The number of amides is 2. The van der Waals surface area contributed by atoms with E-state index >= 15 is 0 Å². The lowest BCUT2D eigenvalue weighted by Crippen LogP contribution is -2.56. The zero-order chi connectivity index (χ0) is 24.8. The standard InChI is InChI=1S/C27H30F2N6O/c1-16-13-17(9-11-30-16)26-20-14-34(12-10-23(20)32-33-26)27(36)31-24-7-5-18-6-8-25(24)35(18)15-19-21(28)3-2-4-22(19)29/h2-4,9,11,13,18,24-25H,5-8,10,12,14-15H2,1H3,(H,31,36)(H,32,33)/t18-,24+,25-/m1/s1. The highest BCUT2D eigenvalue weighted by atomic mass is 19.1. The Labute approximate surface area is 208 Å². The number of urea groups is 1. The molecule has 188 valence electrons. The average molecular weight is 493 g/mol. The predicted octanol–water partition coefficient (Wildman–Crippen LogP) is 4.32. The maximum Gasteiger partial charge on any atom is 0.317 e. The van der Waals surface area contributed by atoms with Gasteiger partial charge in [0.15, 0.2) is 0 Å². The van der Waals surface area contributed by atoms with Crippen LogP contribution in [0.4, 0.5) is 13.6 Å². The van der Waals surface area contributed by atoms with Gasteiger partial charge in [-0.3, -0.25) is 15.0 Å². The van der Waals surface area contributed by atoms with Crippen LogP contribution in [0.1, 0.15) is 48.2 Å². The lowest BCUT2D eigenvalue weighted by molar-refractivity contribution is 0.0962. The van der Waals surface area contributed by atoms with Gasteiger partial charge in [-0.2, -0.15) is 5.10 Å². The summed E-state index contributed by atoms with van der Waals surface area (Å²) in [6.45, 7) is 3.28. The summed E-state index contributed by atoms with van der Waals surface area (Å²) in [6.07, 6.45) is 6.19. The number of pyridine rings is 1. The normalized spacial score (nSPS) is 23.5. The van der Waals surface area contributed by atoms with Crippen LogP contribution in [0.2, 0.25) is 0 Å². The number of carbonyl (C=O) groups is 1. The number of H-pyrrole nitrogens is 1. The van der Waals surface area contributed by atoms with Crippen molar-refractivity contribution in [3.63, 3.8) is 0 Å². The molecule has 2 fully saturated rings. The molecule has 3 aromatic rings. The molecule has 3 aliphatic heterocycles. The maximum atomic E-state index is 14.3. The topological polar surface area (TPSA) is 77.2 Å². The van der Waals surface area contributed by atoms with E-state index in [9.17, 15) is 13.6 Å². The van der Waals surface area contributed by atoms with Crippen molar-refractivity contribution < 1.29 is 13.6 Å². The summed E-state index contributed by atoms with van der Waals surface area (Å²) in [7, 11) is 0. The molecule has 3 atom stereocenters. The smallest absolute Gasteiger partial charge is 0.317 e. The van der Waals surface area contributed by atoms with Crippen molar-refractivity contribution in [2.45, 2.75) is 70.2 Å². The van der Waals surface area contributed by atoms with Crippen LogP contribution in [-0.2, 0) is 19.5 Å². The van der Waals surface area contributed by atoms with Crippen molar-refractivity contribution >= 4 is 6.03 Å². The van der Waals surface area contributed by atoms with Crippen molar-refractivity contribution in [2.75, 3.05) is 6.54 Å². The number of aromatic nitrogens is 3. The molecular weight excluding hydrogens is 462 g/mol. The Balaban J connectivity index is 1.16. The molecule has 2 N–H and O–H groups in total. The van der Waals surface area contributed by atoms with Crippen LogP contribution >= 0.6 is 0 Å². The van der Waals surface area contributed by atoms with Gasteiger partial charge in [-0.15, -0.1) is 0 Å². The van der Waals surface area contributed by atoms with Gasteiger partial charge in [0.05, 0.1) is 12.2 Å². The Morgan fingerprint density at radius 2 is 1.97 bits per heavy atom. The van der Waals surface area contributed by atoms with E-state index in [1.165, 1.54) is 18.2 Å². The van der Waals surface area contributed by atoms with Crippen molar-refractivity contribution in [1.29, 1.82) is 0 Å². The highest BCUT2D eigenvalue weighted by Crippen LogP contribution is 2.38. The first kappa shape index (κ1) is 23.1. The monoisotopic (exact) mass is 492 g/mol. The maximum absolute atomic E-state index is 14.3. The number of aromatic amines is 1. The Morgan fingerprint density at radius 1 is 1.17 bits per heavy atom. The molecular formula is C27H30F2N6O. The molecule has 2 saturated heterocycles. The van der Waals surface area contributed by atoms with Crippen molar-refractivity contribution in [1.82, 2.24) is 30.3 Å². The average Bonchev–Trinajstić information content (AvgIpc) is 3.41. The van der Waals surface area contributed by atoms with Gasteiger partial charge in [-0.05, 0) is 56.9 Å². The number of hydrogen-bond acceptors (Lipinski definition) is 4. The van der Waals surface area contributed by atoms with Gasteiger partial charge in [-0.1, -0.05) is 6.07 Å². The number of nitrogens with one attached hydrogen (secondary N) is 2. The first-order valence-electron chi connectivity index (χ1n) is 12.7. The van der Waals surface area contributed by atoms with Crippen LogP contribution in [0.25, 0.3) is 11.3 Å². The van der Waals surface area contributed by atoms with Crippen molar-refractivity contribution in [3.8, 4) is 11.3 Å². The minimum absolute atomic E-state index is 0.0425. The Kier molecular flexibility index (Phi) is 5.95. The second-order valence-electron chi connectivity index (χ2n) is 10.2. The molecule has 0 aliphatic carbocycles. The highest BCUT2D eigenvalue weighted by molar-refractivity contribution is 5.76.